The Balaban J connectivity index is 2.27. The number of rotatable bonds is 8. The Labute approximate surface area is 126 Å². The van der Waals surface area contributed by atoms with Gasteiger partial charge in [0.25, 0.3) is 0 Å². The molecule has 1 rings (SSSR count). The standard InChI is InChI=1S/C16H25FN2O2/c1-16(2,11-18)12-19(3)15(20)8-5-9-21-14-7-4-6-13(17)10-14/h4,6-7,10H,5,8-9,11-12,18H2,1-3H3. The molecule has 0 spiro atoms. The largest absolute Gasteiger partial charge is 0.493 e. The Morgan fingerprint density at radius 2 is 2.14 bits per heavy atom. The lowest BCUT2D eigenvalue weighted by Crippen LogP contribution is -2.39. The average molecular weight is 296 g/mol. The molecule has 0 aliphatic rings. The number of benzene rings is 1. The summed E-state index contributed by atoms with van der Waals surface area (Å²) in [5, 5.41) is 0. The number of carbonyl (C=O) groups is 1. The summed E-state index contributed by atoms with van der Waals surface area (Å²) in [4.78, 5) is 13.7. The molecule has 5 heteroatoms. The van der Waals surface area contributed by atoms with Crippen LogP contribution in [0.4, 0.5) is 4.39 Å². The first kappa shape index (κ1) is 17.4. The fraction of sp³-hybridized carbons (Fsp3) is 0.562. The van der Waals surface area contributed by atoms with E-state index < -0.39 is 0 Å². The van der Waals surface area contributed by atoms with Crippen molar-refractivity contribution in [3.63, 3.8) is 0 Å². The summed E-state index contributed by atoms with van der Waals surface area (Å²) < 4.78 is 18.4. The zero-order valence-corrected chi connectivity index (χ0v) is 13.1. The van der Waals surface area contributed by atoms with Crippen LogP contribution < -0.4 is 10.5 Å². The molecule has 0 atom stereocenters. The summed E-state index contributed by atoms with van der Waals surface area (Å²) in [6.45, 7) is 5.62. The van der Waals surface area contributed by atoms with Gasteiger partial charge in [0.1, 0.15) is 11.6 Å². The molecule has 0 unspecified atom stereocenters. The summed E-state index contributed by atoms with van der Waals surface area (Å²) in [5.41, 5.74) is 5.58. The van der Waals surface area contributed by atoms with Crippen LogP contribution in [-0.4, -0.2) is 37.6 Å². The minimum Gasteiger partial charge on any atom is -0.493 e. The molecule has 0 saturated carbocycles. The van der Waals surface area contributed by atoms with E-state index in [9.17, 15) is 9.18 Å². The maximum Gasteiger partial charge on any atom is 0.222 e. The van der Waals surface area contributed by atoms with Crippen molar-refractivity contribution in [3.05, 3.63) is 30.1 Å². The van der Waals surface area contributed by atoms with Gasteiger partial charge in [-0.1, -0.05) is 19.9 Å². The molecule has 0 bridgehead atoms. The highest BCUT2D eigenvalue weighted by molar-refractivity contribution is 5.75. The van der Waals surface area contributed by atoms with E-state index in [4.69, 9.17) is 10.5 Å². The number of carbonyl (C=O) groups excluding carboxylic acids is 1. The lowest BCUT2D eigenvalue weighted by atomic mass is 9.93. The lowest BCUT2D eigenvalue weighted by Gasteiger charge is -2.29. The number of nitrogens with two attached hydrogens (primary N) is 1. The second kappa shape index (κ2) is 7.98. The summed E-state index contributed by atoms with van der Waals surface area (Å²) in [6.07, 6.45) is 1.01. The van der Waals surface area contributed by atoms with Gasteiger partial charge in [-0.2, -0.15) is 0 Å². The number of hydrogen-bond donors (Lipinski definition) is 1. The van der Waals surface area contributed by atoms with Gasteiger partial charge in [-0.05, 0) is 30.5 Å². The van der Waals surface area contributed by atoms with Crippen LogP contribution in [0.15, 0.2) is 24.3 Å². The summed E-state index contributed by atoms with van der Waals surface area (Å²) in [7, 11) is 1.78. The third kappa shape index (κ3) is 6.58. The number of hydrogen-bond acceptors (Lipinski definition) is 3. The second-order valence-electron chi connectivity index (χ2n) is 6.03. The quantitative estimate of drug-likeness (QED) is 0.750. The van der Waals surface area contributed by atoms with Crippen molar-refractivity contribution >= 4 is 5.91 Å². The highest BCUT2D eigenvalue weighted by atomic mass is 19.1. The molecule has 1 amide bonds. The zero-order chi connectivity index (χ0) is 15.9. The number of ether oxygens (including phenoxy) is 1. The van der Waals surface area contributed by atoms with Crippen molar-refractivity contribution in [2.24, 2.45) is 11.1 Å². The van der Waals surface area contributed by atoms with Crippen LogP contribution in [0.2, 0.25) is 0 Å². The zero-order valence-electron chi connectivity index (χ0n) is 13.1. The summed E-state index contributed by atoms with van der Waals surface area (Å²) in [6, 6.07) is 5.99. The van der Waals surface area contributed by atoms with Crippen molar-refractivity contribution in [2.75, 3.05) is 26.7 Å². The second-order valence-corrected chi connectivity index (χ2v) is 6.03. The van der Waals surface area contributed by atoms with Gasteiger partial charge in [-0.15, -0.1) is 0 Å². The van der Waals surface area contributed by atoms with E-state index in [-0.39, 0.29) is 17.1 Å². The summed E-state index contributed by atoms with van der Waals surface area (Å²) >= 11 is 0. The van der Waals surface area contributed by atoms with Crippen LogP contribution in [0.1, 0.15) is 26.7 Å². The molecule has 0 saturated heterocycles. The molecule has 0 fully saturated rings. The van der Waals surface area contributed by atoms with Gasteiger partial charge in [0.05, 0.1) is 6.61 Å². The molecule has 1 aromatic carbocycles. The Hall–Kier alpha value is -1.62. The first-order valence-electron chi connectivity index (χ1n) is 7.16. The number of halogens is 1. The monoisotopic (exact) mass is 296 g/mol. The minimum absolute atomic E-state index is 0.0689. The van der Waals surface area contributed by atoms with Gasteiger partial charge in [0.15, 0.2) is 0 Å². The molecule has 1 aromatic rings. The molecular weight excluding hydrogens is 271 g/mol. The third-order valence-corrected chi connectivity index (χ3v) is 3.24. The highest BCUT2D eigenvalue weighted by Gasteiger charge is 2.20. The normalized spacial score (nSPS) is 11.3. The average Bonchev–Trinajstić information content (AvgIpc) is 2.43. The molecular formula is C16H25FN2O2. The molecule has 2 N–H and O–H groups in total. The number of nitrogens with zero attached hydrogens (tertiary/aromatic N) is 1. The van der Waals surface area contributed by atoms with E-state index in [0.29, 0.717) is 38.3 Å². The maximum atomic E-state index is 13.0. The molecule has 4 nitrogen and oxygen atoms in total. The fourth-order valence-corrected chi connectivity index (χ4v) is 1.96. The Kier molecular flexibility index (Phi) is 6.62. The van der Waals surface area contributed by atoms with Crippen molar-refractivity contribution in [1.82, 2.24) is 4.90 Å². The van der Waals surface area contributed by atoms with Gasteiger partial charge in [0.2, 0.25) is 5.91 Å². The lowest BCUT2D eigenvalue weighted by molar-refractivity contribution is -0.131. The topological polar surface area (TPSA) is 55.6 Å². The van der Waals surface area contributed by atoms with E-state index >= 15 is 0 Å². The van der Waals surface area contributed by atoms with Crippen molar-refractivity contribution in [3.8, 4) is 5.75 Å². The van der Waals surface area contributed by atoms with Gasteiger partial charge in [-0.3, -0.25) is 4.79 Å². The van der Waals surface area contributed by atoms with Crippen LogP contribution in [0.25, 0.3) is 0 Å². The Morgan fingerprint density at radius 1 is 1.43 bits per heavy atom. The molecule has 0 aliphatic heterocycles. The van der Waals surface area contributed by atoms with E-state index in [2.05, 4.69) is 0 Å². The van der Waals surface area contributed by atoms with Crippen molar-refractivity contribution in [2.45, 2.75) is 26.7 Å². The minimum atomic E-state index is -0.327. The highest BCUT2D eigenvalue weighted by Crippen LogP contribution is 2.15. The first-order chi connectivity index (χ1) is 9.84. The number of amides is 1. The van der Waals surface area contributed by atoms with Crippen LogP contribution in [-0.2, 0) is 4.79 Å². The molecule has 21 heavy (non-hydrogen) atoms. The van der Waals surface area contributed by atoms with Crippen LogP contribution in [0, 0.1) is 11.2 Å². The van der Waals surface area contributed by atoms with Crippen LogP contribution in [0.5, 0.6) is 5.75 Å². The Morgan fingerprint density at radius 3 is 2.76 bits per heavy atom. The predicted molar refractivity (Wildman–Crippen MR) is 81.6 cm³/mol. The first-order valence-corrected chi connectivity index (χ1v) is 7.16. The third-order valence-electron chi connectivity index (χ3n) is 3.24. The van der Waals surface area contributed by atoms with Crippen molar-refractivity contribution in [1.29, 1.82) is 0 Å². The van der Waals surface area contributed by atoms with Crippen LogP contribution >= 0.6 is 0 Å². The van der Waals surface area contributed by atoms with Crippen LogP contribution in [0.3, 0.4) is 0 Å². The molecule has 118 valence electrons. The van der Waals surface area contributed by atoms with E-state index in [0.717, 1.165) is 0 Å². The predicted octanol–water partition coefficient (Wildman–Crippen LogP) is 2.43. The van der Waals surface area contributed by atoms with Crippen molar-refractivity contribution < 1.29 is 13.9 Å². The van der Waals surface area contributed by atoms with Gasteiger partial charge >= 0.3 is 0 Å². The molecule has 0 heterocycles. The fourth-order valence-electron chi connectivity index (χ4n) is 1.96. The SMILES string of the molecule is CN(CC(C)(C)CN)C(=O)CCCOc1cccc(F)c1. The summed E-state index contributed by atoms with van der Waals surface area (Å²) in [5.74, 6) is 0.228. The van der Waals surface area contributed by atoms with Gasteiger partial charge in [0, 0.05) is 26.1 Å². The van der Waals surface area contributed by atoms with E-state index in [1.807, 2.05) is 13.8 Å². The Bertz CT molecular complexity index is 463. The molecule has 0 aromatic heterocycles. The smallest absolute Gasteiger partial charge is 0.222 e. The van der Waals surface area contributed by atoms with Gasteiger partial charge < -0.3 is 15.4 Å². The maximum absolute atomic E-state index is 13.0. The van der Waals surface area contributed by atoms with Gasteiger partial charge in [-0.25, -0.2) is 4.39 Å². The molecule has 0 radical (unpaired) electrons. The molecule has 0 aliphatic carbocycles. The van der Waals surface area contributed by atoms with E-state index in [1.54, 1.807) is 24.1 Å². The van der Waals surface area contributed by atoms with E-state index in [1.165, 1.54) is 12.1 Å².